The number of amides is 1. The molecule has 24 heavy (non-hydrogen) atoms. The topological polar surface area (TPSA) is 67.8 Å². The third-order valence-corrected chi connectivity index (χ3v) is 5.23. The zero-order valence-corrected chi connectivity index (χ0v) is 13.9. The van der Waals surface area contributed by atoms with Crippen molar-refractivity contribution in [3.63, 3.8) is 0 Å². The fourth-order valence-electron chi connectivity index (χ4n) is 3.96. The molecule has 130 valence electrons. The predicted molar refractivity (Wildman–Crippen MR) is 87.7 cm³/mol. The highest BCUT2D eigenvalue weighted by Crippen LogP contribution is 2.35. The Balaban J connectivity index is 1.47. The predicted octanol–water partition coefficient (Wildman–Crippen LogP) is 0.711. The second-order valence-corrected chi connectivity index (χ2v) is 7.03. The summed E-state index contributed by atoms with van der Waals surface area (Å²) in [5, 5.41) is 0. The molecular formula is C17H24N4O3. The molecule has 4 heterocycles. The van der Waals surface area contributed by atoms with Gasteiger partial charge < -0.3 is 19.3 Å². The molecule has 3 aliphatic heterocycles. The molecule has 0 bridgehead atoms. The lowest BCUT2D eigenvalue weighted by molar-refractivity contribution is -0.141. The molecule has 7 heteroatoms. The average molecular weight is 332 g/mol. The van der Waals surface area contributed by atoms with Gasteiger partial charge in [0.25, 0.3) is 5.91 Å². The van der Waals surface area contributed by atoms with Crippen molar-refractivity contribution >= 4 is 11.9 Å². The Labute approximate surface area is 142 Å². The van der Waals surface area contributed by atoms with Gasteiger partial charge >= 0.3 is 0 Å². The highest BCUT2D eigenvalue weighted by Gasteiger charge is 2.44. The van der Waals surface area contributed by atoms with Crippen LogP contribution in [0.1, 0.15) is 19.3 Å². The van der Waals surface area contributed by atoms with Gasteiger partial charge in [-0.15, -0.1) is 0 Å². The number of hydrogen-bond acceptors (Lipinski definition) is 6. The largest absolute Gasteiger partial charge is 0.379 e. The summed E-state index contributed by atoms with van der Waals surface area (Å²) in [6.07, 6.45) is 6.09. The van der Waals surface area contributed by atoms with Gasteiger partial charge in [0.15, 0.2) is 0 Å². The van der Waals surface area contributed by atoms with Crippen LogP contribution in [0.2, 0.25) is 0 Å². The van der Waals surface area contributed by atoms with E-state index in [4.69, 9.17) is 9.47 Å². The molecule has 0 unspecified atom stereocenters. The summed E-state index contributed by atoms with van der Waals surface area (Å²) < 4.78 is 11.4. The SMILES string of the molecule is O=C([C@@H]1CCCO1)N1CCOC[C@@]2(CCN(c3ncccn3)C2)C1. The van der Waals surface area contributed by atoms with Gasteiger partial charge in [-0.1, -0.05) is 0 Å². The molecule has 3 fully saturated rings. The van der Waals surface area contributed by atoms with Crippen LogP contribution in [-0.2, 0) is 14.3 Å². The van der Waals surface area contributed by atoms with E-state index in [1.165, 1.54) is 0 Å². The molecule has 4 rings (SSSR count). The van der Waals surface area contributed by atoms with E-state index in [9.17, 15) is 4.79 Å². The maximum absolute atomic E-state index is 12.8. The lowest BCUT2D eigenvalue weighted by Crippen LogP contribution is -2.46. The molecule has 1 aromatic heterocycles. The molecule has 0 saturated carbocycles. The van der Waals surface area contributed by atoms with Gasteiger partial charge in [0.2, 0.25) is 5.95 Å². The van der Waals surface area contributed by atoms with Crippen LogP contribution in [0, 0.1) is 5.41 Å². The summed E-state index contributed by atoms with van der Waals surface area (Å²) in [4.78, 5) is 25.6. The molecule has 0 N–H and O–H groups in total. The minimum atomic E-state index is -0.255. The summed E-state index contributed by atoms with van der Waals surface area (Å²) in [6.45, 7) is 5.09. The minimum Gasteiger partial charge on any atom is -0.379 e. The first-order valence-corrected chi connectivity index (χ1v) is 8.76. The van der Waals surface area contributed by atoms with Crippen LogP contribution >= 0.6 is 0 Å². The minimum absolute atomic E-state index is 0.0377. The number of anilines is 1. The lowest BCUT2D eigenvalue weighted by atomic mass is 9.87. The second kappa shape index (κ2) is 6.64. The van der Waals surface area contributed by atoms with E-state index in [0.717, 1.165) is 44.8 Å². The van der Waals surface area contributed by atoms with Crippen molar-refractivity contribution in [2.24, 2.45) is 5.41 Å². The molecule has 0 aromatic carbocycles. The van der Waals surface area contributed by atoms with Gasteiger partial charge in [-0.3, -0.25) is 4.79 Å². The monoisotopic (exact) mass is 332 g/mol. The number of aromatic nitrogens is 2. The van der Waals surface area contributed by atoms with E-state index >= 15 is 0 Å². The molecule has 1 amide bonds. The van der Waals surface area contributed by atoms with Gasteiger partial charge in [-0.2, -0.15) is 0 Å². The molecule has 1 aromatic rings. The highest BCUT2D eigenvalue weighted by atomic mass is 16.5. The number of rotatable bonds is 2. The first-order chi connectivity index (χ1) is 11.8. The van der Waals surface area contributed by atoms with Crippen LogP contribution in [-0.4, -0.2) is 72.9 Å². The molecule has 3 saturated heterocycles. The Morgan fingerprint density at radius 3 is 2.88 bits per heavy atom. The van der Waals surface area contributed by atoms with Gasteiger partial charge in [0.05, 0.1) is 13.2 Å². The number of hydrogen-bond donors (Lipinski definition) is 0. The Hall–Kier alpha value is -1.73. The maximum atomic E-state index is 12.8. The van der Waals surface area contributed by atoms with Crippen molar-refractivity contribution in [2.75, 3.05) is 50.9 Å². The molecule has 7 nitrogen and oxygen atoms in total. The van der Waals surface area contributed by atoms with Crippen molar-refractivity contribution in [1.82, 2.24) is 14.9 Å². The molecule has 3 aliphatic rings. The molecule has 1 spiro atoms. The van der Waals surface area contributed by atoms with Gasteiger partial charge in [0.1, 0.15) is 6.10 Å². The third kappa shape index (κ3) is 3.10. The Morgan fingerprint density at radius 1 is 1.21 bits per heavy atom. The Morgan fingerprint density at radius 2 is 2.08 bits per heavy atom. The van der Waals surface area contributed by atoms with Gasteiger partial charge in [0, 0.05) is 50.6 Å². The van der Waals surface area contributed by atoms with Crippen molar-refractivity contribution in [2.45, 2.75) is 25.4 Å². The summed E-state index contributed by atoms with van der Waals surface area (Å²) in [7, 11) is 0. The first-order valence-electron chi connectivity index (χ1n) is 8.76. The number of ether oxygens (including phenoxy) is 2. The van der Waals surface area contributed by atoms with Crippen LogP contribution in [0.25, 0.3) is 0 Å². The van der Waals surface area contributed by atoms with Crippen molar-refractivity contribution in [3.05, 3.63) is 18.5 Å². The summed E-state index contributed by atoms with van der Waals surface area (Å²) in [5.41, 5.74) is -0.0377. The van der Waals surface area contributed by atoms with E-state index in [-0.39, 0.29) is 17.4 Å². The maximum Gasteiger partial charge on any atom is 0.251 e. The number of carbonyl (C=O) groups excluding carboxylic acids is 1. The summed E-state index contributed by atoms with van der Waals surface area (Å²) in [5.74, 6) is 0.891. The summed E-state index contributed by atoms with van der Waals surface area (Å²) >= 11 is 0. The van der Waals surface area contributed by atoms with Crippen LogP contribution < -0.4 is 4.90 Å². The summed E-state index contributed by atoms with van der Waals surface area (Å²) in [6, 6.07) is 1.83. The first kappa shape index (κ1) is 15.8. The quantitative estimate of drug-likeness (QED) is 0.795. The molecule has 0 radical (unpaired) electrons. The second-order valence-electron chi connectivity index (χ2n) is 7.03. The van der Waals surface area contributed by atoms with E-state index in [1.54, 1.807) is 12.4 Å². The standard InChI is InChI=1S/C17H24N4O3/c22-15(14-3-1-9-24-14)20-8-10-23-13-17(11-20)4-7-21(12-17)16-18-5-2-6-19-16/h2,5-6,14H,1,3-4,7-13H2/t14-,17-/m0/s1. The third-order valence-electron chi connectivity index (χ3n) is 5.23. The van der Waals surface area contributed by atoms with Gasteiger partial charge in [-0.05, 0) is 25.3 Å². The van der Waals surface area contributed by atoms with Crippen LogP contribution in [0.15, 0.2) is 18.5 Å². The molecule has 0 aliphatic carbocycles. The van der Waals surface area contributed by atoms with Crippen molar-refractivity contribution in [3.8, 4) is 0 Å². The van der Waals surface area contributed by atoms with Crippen molar-refractivity contribution in [1.29, 1.82) is 0 Å². The fraction of sp³-hybridized carbons (Fsp3) is 0.706. The smallest absolute Gasteiger partial charge is 0.251 e. The van der Waals surface area contributed by atoms with Crippen molar-refractivity contribution < 1.29 is 14.3 Å². The molecule has 2 atom stereocenters. The van der Waals surface area contributed by atoms with Crippen LogP contribution in [0.5, 0.6) is 0 Å². The van der Waals surface area contributed by atoms with E-state index in [0.29, 0.717) is 26.4 Å². The molecular weight excluding hydrogens is 308 g/mol. The normalized spacial score (nSPS) is 30.8. The average Bonchev–Trinajstić information content (AvgIpc) is 3.24. The van der Waals surface area contributed by atoms with E-state index < -0.39 is 0 Å². The van der Waals surface area contributed by atoms with E-state index in [1.807, 2.05) is 11.0 Å². The zero-order valence-electron chi connectivity index (χ0n) is 13.9. The number of carbonyl (C=O) groups is 1. The zero-order chi connectivity index (χ0) is 16.4. The Bertz CT molecular complexity index is 578. The Kier molecular flexibility index (Phi) is 4.37. The number of nitrogens with zero attached hydrogens (tertiary/aromatic N) is 4. The lowest BCUT2D eigenvalue weighted by Gasteiger charge is -2.32. The van der Waals surface area contributed by atoms with Gasteiger partial charge in [-0.25, -0.2) is 9.97 Å². The van der Waals surface area contributed by atoms with E-state index in [2.05, 4.69) is 14.9 Å². The highest BCUT2D eigenvalue weighted by molar-refractivity contribution is 5.81. The van der Waals surface area contributed by atoms with Crippen LogP contribution in [0.3, 0.4) is 0 Å². The van der Waals surface area contributed by atoms with Crippen LogP contribution in [0.4, 0.5) is 5.95 Å². The fourth-order valence-corrected chi connectivity index (χ4v) is 3.96.